The molecule has 1 aromatic rings. The van der Waals surface area contributed by atoms with Crippen LogP contribution in [0.3, 0.4) is 0 Å². The van der Waals surface area contributed by atoms with Gasteiger partial charge in [-0.3, -0.25) is 0 Å². The maximum atomic E-state index is 5.53. The zero-order valence-electron chi connectivity index (χ0n) is 9.32. The molecule has 0 aromatic carbocycles. The average Bonchev–Trinajstić information content (AvgIpc) is 2.66. The summed E-state index contributed by atoms with van der Waals surface area (Å²) in [6.45, 7) is 2.97. The van der Waals surface area contributed by atoms with Crippen molar-refractivity contribution in [2.45, 2.75) is 38.5 Å². The molecule has 0 saturated heterocycles. The van der Waals surface area contributed by atoms with E-state index in [2.05, 4.69) is 16.9 Å². The van der Waals surface area contributed by atoms with Crippen molar-refractivity contribution in [3.05, 3.63) is 23.8 Å². The zero-order valence-corrected chi connectivity index (χ0v) is 9.32. The van der Waals surface area contributed by atoms with Crippen molar-refractivity contribution in [2.24, 2.45) is 11.7 Å². The number of hydrogen-bond acceptors (Lipinski definition) is 3. The lowest BCUT2D eigenvalue weighted by Gasteiger charge is -2.08. The molecule has 0 spiro atoms. The van der Waals surface area contributed by atoms with Gasteiger partial charge in [-0.2, -0.15) is 0 Å². The van der Waals surface area contributed by atoms with Crippen LogP contribution < -0.4 is 5.73 Å². The maximum absolute atomic E-state index is 5.53. The van der Waals surface area contributed by atoms with Gasteiger partial charge in [-0.25, -0.2) is 9.97 Å². The Bertz CT molecular complexity index is 324. The van der Waals surface area contributed by atoms with Gasteiger partial charge in [0.2, 0.25) is 0 Å². The van der Waals surface area contributed by atoms with Gasteiger partial charge in [0, 0.05) is 24.2 Å². The molecule has 82 valence electrons. The van der Waals surface area contributed by atoms with Crippen LogP contribution >= 0.6 is 0 Å². The van der Waals surface area contributed by atoms with E-state index in [1.165, 1.54) is 19.3 Å². The Hall–Kier alpha value is -0.960. The second-order valence-corrected chi connectivity index (χ2v) is 4.56. The van der Waals surface area contributed by atoms with Crippen LogP contribution in [0.2, 0.25) is 0 Å². The predicted molar refractivity (Wildman–Crippen MR) is 60.5 cm³/mol. The number of aromatic nitrogens is 2. The van der Waals surface area contributed by atoms with Gasteiger partial charge in [0.15, 0.2) is 0 Å². The Kier molecular flexibility index (Phi) is 3.31. The number of nitrogens with two attached hydrogens (primary N) is 1. The van der Waals surface area contributed by atoms with Crippen molar-refractivity contribution in [1.29, 1.82) is 0 Å². The minimum Gasteiger partial charge on any atom is -0.330 e. The molecule has 2 N–H and O–H groups in total. The van der Waals surface area contributed by atoms with Gasteiger partial charge in [-0.15, -0.1) is 0 Å². The van der Waals surface area contributed by atoms with E-state index in [4.69, 9.17) is 5.73 Å². The van der Waals surface area contributed by atoms with E-state index >= 15 is 0 Å². The summed E-state index contributed by atoms with van der Waals surface area (Å²) in [6.07, 6.45) is 6.53. The fourth-order valence-electron chi connectivity index (χ4n) is 2.34. The summed E-state index contributed by atoms with van der Waals surface area (Å²) >= 11 is 0. The first-order chi connectivity index (χ1) is 7.29. The molecule has 1 aliphatic rings. The SMILES string of the molecule is CC1CCC(c2nccc(CCN)n2)C1. The molecule has 1 aromatic heterocycles. The van der Waals surface area contributed by atoms with Crippen LogP contribution in [0.4, 0.5) is 0 Å². The van der Waals surface area contributed by atoms with Gasteiger partial charge >= 0.3 is 0 Å². The second-order valence-electron chi connectivity index (χ2n) is 4.56. The molecule has 2 atom stereocenters. The fourth-order valence-corrected chi connectivity index (χ4v) is 2.34. The second kappa shape index (κ2) is 4.71. The van der Waals surface area contributed by atoms with Gasteiger partial charge in [0.1, 0.15) is 5.82 Å². The molecule has 15 heavy (non-hydrogen) atoms. The lowest BCUT2D eigenvalue weighted by Crippen LogP contribution is -2.08. The van der Waals surface area contributed by atoms with E-state index in [-0.39, 0.29) is 0 Å². The molecule has 1 aliphatic carbocycles. The topological polar surface area (TPSA) is 51.8 Å². The molecule has 2 rings (SSSR count). The van der Waals surface area contributed by atoms with Crippen molar-refractivity contribution < 1.29 is 0 Å². The average molecular weight is 205 g/mol. The monoisotopic (exact) mass is 205 g/mol. The van der Waals surface area contributed by atoms with E-state index < -0.39 is 0 Å². The van der Waals surface area contributed by atoms with Gasteiger partial charge in [-0.1, -0.05) is 6.92 Å². The first kappa shape index (κ1) is 10.6. The van der Waals surface area contributed by atoms with E-state index in [1.807, 2.05) is 12.3 Å². The van der Waals surface area contributed by atoms with E-state index in [9.17, 15) is 0 Å². The Morgan fingerprint density at radius 1 is 1.47 bits per heavy atom. The molecular formula is C12H19N3. The molecule has 2 unspecified atom stereocenters. The van der Waals surface area contributed by atoms with Crippen molar-refractivity contribution in [3.8, 4) is 0 Å². The molecular weight excluding hydrogens is 186 g/mol. The smallest absolute Gasteiger partial charge is 0.131 e. The molecule has 3 heteroatoms. The largest absolute Gasteiger partial charge is 0.330 e. The van der Waals surface area contributed by atoms with E-state index in [0.717, 1.165) is 23.9 Å². The van der Waals surface area contributed by atoms with E-state index in [1.54, 1.807) is 0 Å². The van der Waals surface area contributed by atoms with Crippen LogP contribution in [0.15, 0.2) is 12.3 Å². The summed E-state index contributed by atoms with van der Waals surface area (Å²) in [6, 6.07) is 1.97. The molecule has 1 fully saturated rings. The Labute approximate surface area is 91.1 Å². The van der Waals surface area contributed by atoms with Crippen molar-refractivity contribution in [2.75, 3.05) is 6.54 Å². The highest BCUT2D eigenvalue weighted by molar-refractivity contribution is 5.07. The number of rotatable bonds is 3. The van der Waals surface area contributed by atoms with Crippen molar-refractivity contribution in [3.63, 3.8) is 0 Å². The predicted octanol–water partition coefficient (Wildman–Crippen LogP) is 1.88. The molecule has 1 heterocycles. The minimum atomic E-state index is 0.581. The highest BCUT2D eigenvalue weighted by Crippen LogP contribution is 2.36. The third kappa shape index (κ3) is 2.53. The third-order valence-electron chi connectivity index (χ3n) is 3.19. The quantitative estimate of drug-likeness (QED) is 0.819. The number of hydrogen-bond donors (Lipinski definition) is 1. The lowest BCUT2D eigenvalue weighted by atomic mass is 10.1. The Morgan fingerprint density at radius 3 is 3.00 bits per heavy atom. The summed E-state index contributed by atoms with van der Waals surface area (Å²) < 4.78 is 0. The zero-order chi connectivity index (χ0) is 10.7. The van der Waals surface area contributed by atoms with Gasteiger partial charge < -0.3 is 5.73 Å². The van der Waals surface area contributed by atoms with Crippen LogP contribution in [0.5, 0.6) is 0 Å². The van der Waals surface area contributed by atoms with Crippen molar-refractivity contribution >= 4 is 0 Å². The number of nitrogens with zero attached hydrogens (tertiary/aromatic N) is 2. The fraction of sp³-hybridized carbons (Fsp3) is 0.667. The molecule has 0 aliphatic heterocycles. The van der Waals surface area contributed by atoms with Crippen LogP contribution in [0.25, 0.3) is 0 Å². The first-order valence-corrected chi connectivity index (χ1v) is 5.81. The molecule has 3 nitrogen and oxygen atoms in total. The summed E-state index contributed by atoms with van der Waals surface area (Å²) in [5.41, 5.74) is 6.61. The minimum absolute atomic E-state index is 0.581. The standard InChI is InChI=1S/C12H19N3/c1-9-2-3-10(8-9)12-14-7-5-11(15-12)4-6-13/h5,7,9-10H,2-4,6,8,13H2,1H3. The maximum Gasteiger partial charge on any atom is 0.131 e. The summed E-state index contributed by atoms with van der Waals surface area (Å²) in [7, 11) is 0. The molecule has 0 bridgehead atoms. The molecule has 1 saturated carbocycles. The lowest BCUT2D eigenvalue weighted by molar-refractivity contribution is 0.583. The third-order valence-corrected chi connectivity index (χ3v) is 3.19. The van der Waals surface area contributed by atoms with Crippen molar-refractivity contribution in [1.82, 2.24) is 9.97 Å². The summed E-state index contributed by atoms with van der Waals surface area (Å²) in [5.74, 6) is 2.44. The van der Waals surface area contributed by atoms with Gasteiger partial charge in [0.05, 0.1) is 0 Å². The van der Waals surface area contributed by atoms with Gasteiger partial charge in [-0.05, 0) is 37.8 Å². The molecule has 0 radical (unpaired) electrons. The Morgan fingerprint density at radius 2 is 2.33 bits per heavy atom. The first-order valence-electron chi connectivity index (χ1n) is 5.81. The molecule has 0 amide bonds. The summed E-state index contributed by atoms with van der Waals surface area (Å²) in [5, 5.41) is 0. The normalized spacial score (nSPS) is 25.7. The highest BCUT2D eigenvalue weighted by Gasteiger charge is 2.24. The van der Waals surface area contributed by atoms with Crippen LogP contribution in [-0.4, -0.2) is 16.5 Å². The van der Waals surface area contributed by atoms with E-state index in [0.29, 0.717) is 12.5 Å². The van der Waals surface area contributed by atoms with Crippen LogP contribution in [0, 0.1) is 5.92 Å². The Balaban J connectivity index is 2.10. The van der Waals surface area contributed by atoms with Crippen LogP contribution in [0.1, 0.15) is 43.6 Å². The summed E-state index contributed by atoms with van der Waals surface area (Å²) in [4.78, 5) is 8.97. The van der Waals surface area contributed by atoms with Crippen LogP contribution in [-0.2, 0) is 6.42 Å². The van der Waals surface area contributed by atoms with Gasteiger partial charge in [0.25, 0.3) is 0 Å². The highest BCUT2D eigenvalue weighted by atomic mass is 14.9.